The van der Waals surface area contributed by atoms with Crippen molar-refractivity contribution in [2.75, 3.05) is 0 Å². The number of carbonyl (C=O) groups is 1. The van der Waals surface area contributed by atoms with Crippen LogP contribution in [0.4, 0.5) is 0 Å². The number of rotatable bonds is 5. The zero-order chi connectivity index (χ0) is 17.8. The van der Waals surface area contributed by atoms with Crippen LogP contribution in [0, 0.1) is 13.8 Å². The molecule has 0 aliphatic rings. The lowest BCUT2D eigenvalue weighted by Gasteiger charge is -2.07. The minimum atomic E-state index is -0.916. The van der Waals surface area contributed by atoms with Crippen LogP contribution in [-0.4, -0.2) is 21.0 Å². The van der Waals surface area contributed by atoms with E-state index >= 15 is 0 Å². The zero-order valence-electron chi connectivity index (χ0n) is 14.1. The fourth-order valence-electron chi connectivity index (χ4n) is 2.42. The second kappa shape index (κ2) is 7.49. The summed E-state index contributed by atoms with van der Waals surface area (Å²) in [6.45, 7) is 4.01. The topological polar surface area (TPSA) is 63.1 Å². The van der Waals surface area contributed by atoms with E-state index in [1.807, 2.05) is 19.1 Å². The van der Waals surface area contributed by atoms with Gasteiger partial charge >= 0.3 is 5.97 Å². The van der Waals surface area contributed by atoms with Gasteiger partial charge in [-0.1, -0.05) is 53.7 Å². The van der Waals surface area contributed by atoms with Gasteiger partial charge < -0.3 is 5.11 Å². The quantitative estimate of drug-likeness (QED) is 0.531. The molecule has 0 radical (unpaired) electrons. The molecule has 3 aromatic rings. The van der Waals surface area contributed by atoms with Crippen molar-refractivity contribution in [3.05, 3.63) is 77.0 Å². The molecule has 3 rings (SSSR count). The number of benzene rings is 2. The van der Waals surface area contributed by atoms with Crippen LogP contribution in [0.3, 0.4) is 0 Å². The van der Waals surface area contributed by atoms with Crippen molar-refractivity contribution in [3.8, 4) is 11.3 Å². The first kappa shape index (κ1) is 17.2. The fraction of sp³-hybridized carbons (Fsp3) is 0.150. The van der Waals surface area contributed by atoms with E-state index in [2.05, 4.69) is 41.2 Å². The maximum Gasteiger partial charge on any atom is 0.335 e. The maximum atomic E-state index is 11.1. The van der Waals surface area contributed by atoms with Gasteiger partial charge in [0.05, 0.1) is 11.3 Å². The van der Waals surface area contributed by atoms with Crippen molar-refractivity contribution in [2.45, 2.75) is 24.8 Å². The number of thioether (sulfide) groups is 1. The van der Waals surface area contributed by atoms with Crippen LogP contribution < -0.4 is 0 Å². The lowest BCUT2D eigenvalue weighted by Crippen LogP contribution is -1.97. The third kappa shape index (κ3) is 4.45. The summed E-state index contributed by atoms with van der Waals surface area (Å²) in [6.07, 6.45) is 0. The maximum absolute atomic E-state index is 11.1. The lowest BCUT2D eigenvalue weighted by atomic mass is 10.1. The van der Waals surface area contributed by atoms with E-state index in [1.165, 1.54) is 17.3 Å². The highest BCUT2D eigenvalue weighted by molar-refractivity contribution is 7.98. The molecule has 25 heavy (non-hydrogen) atoms. The molecule has 0 saturated carbocycles. The first-order valence-electron chi connectivity index (χ1n) is 7.89. The van der Waals surface area contributed by atoms with Crippen LogP contribution in [0.5, 0.6) is 0 Å². The van der Waals surface area contributed by atoms with Crippen molar-refractivity contribution in [1.82, 2.24) is 9.97 Å². The summed E-state index contributed by atoms with van der Waals surface area (Å²) in [5, 5.41) is 9.77. The van der Waals surface area contributed by atoms with E-state index in [1.54, 1.807) is 18.2 Å². The summed E-state index contributed by atoms with van der Waals surface area (Å²) in [4.78, 5) is 20.2. The highest BCUT2D eigenvalue weighted by atomic mass is 32.2. The Hall–Kier alpha value is -2.66. The average Bonchev–Trinajstić information content (AvgIpc) is 2.60. The molecular weight excluding hydrogens is 332 g/mol. The molecule has 0 bridgehead atoms. The van der Waals surface area contributed by atoms with Gasteiger partial charge in [-0.3, -0.25) is 0 Å². The van der Waals surface area contributed by atoms with Crippen molar-refractivity contribution in [1.29, 1.82) is 0 Å². The van der Waals surface area contributed by atoms with Crippen molar-refractivity contribution < 1.29 is 9.90 Å². The number of aryl methyl sites for hydroxylation is 2. The molecule has 0 saturated heterocycles. The lowest BCUT2D eigenvalue weighted by molar-refractivity contribution is 0.0697. The normalized spacial score (nSPS) is 10.6. The predicted octanol–water partition coefficient (Wildman–Crippen LogP) is 4.75. The summed E-state index contributed by atoms with van der Waals surface area (Å²) in [5.74, 6) is -0.293. The van der Waals surface area contributed by atoms with Gasteiger partial charge in [-0.25, -0.2) is 14.8 Å². The molecule has 0 fully saturated rings. The molecule has 1 heterocycles. The Morgan fingerprint density at radius 2 is 1.80 bits per heavy atom. The molecule has 0 aliphatic carbocycles. The van der Waals surface area contributed by atoms with Gasteiger partial charge in [-0.15, -0.1) is 0 Å². The summed E-state index contributed by atoms with van der Waals surface area (Å²) in [7, 11) is 0. The Kier molecular flexibility index (Phi) is 5.14. The summed E-state index contributed by atoms with van der Waals surface area (Å²) in [5.41, 5.74) is 5.31. The Morgan fingerprint density at radius 3 is 2.52 bits per heavy atom. The predicted molar refractivity (Wildman–Crippen MR) is 99.9 cm³/mol. The second-order valence-electron chi connectivity index (χ2n) is 5.84. The van der Waals surface area contributed by atoms with Gasteiger partial charge in [0, 0.05) is 17.0 Å². The first-order valence-corrected chi connectivity index (χ1v) is 8.87. The van der Waals surface area contributed by atoms with Crippen molar-refractivity contribution in [3.63, 3.8) is 0 Å². The van der Waals surface area contributed by atoms with Crippen LogP contribution in [0.15, 0.2) is 59.8 Å². The van der Waals surface area contributed by atoms with E-state index in [0.29, 0.717) is 16.5 Å². The van der Waals surface area contributed by atoms with Crippen LogP contribution in [0.25, 0.3) is 11.3 Å². The molecule has 5 heteroatoms. The van der Waals surface area contributed by atoms with Crippen molar-refractivity contribution >= 4 is 17.7 Å². The summed E-state index contributed by atoms with van der Waals surface area (Å²) < 4.78 is 0. The molecule has 0 atom stereocenters. The smallest absolute Gasteiger partial charge is 0.335 e. The number of carboxylic acids is 1. The van der Waals surface area contributed by atoms with Gasteiger partial charge in [0.2, 0.25) is 0 Å². The molecule has 0 amide bonds. The molecule has 1 aromatic heterocycles. The van der Waals surface area contributed by atoms with Gasteiger partial charge in [-0.2, -0.15) is 0 Å². The molecule has 0 unspecified atom stereocenters. The summed E-state index contributed by atoms with van der Waals surface area (Å²) >= 11 is 1.50. The van der Waals surface area contributed by atoms with Crippen LogP contribution in [0.2, 0.25) is 0 Å². The highest BCUT2D eigenvalue weighted by Crippen LogP contribution is 2.24. The van der Waals surface area contributed by atoms with Gasteiger partial charge in [0.1, 0.15) is 0 Å². The third-order valence-corrected chi connectivity index (χ3v) is 4.64. The molecular formula is C20H18N2O2S. The van der Waals surface area contributed by atoms with Gasteiger partial charge in [0.15, 0.2) is 5.16 Å². The Morgan fingerprint density at radius 1 is 1.04 bits per heavy atom. The van der Waals surface area contributed by atoms with Crippen LogP contribution in [-0.2, 0) is 5.75 Å². The number of aromatic carboxylic acids is 1. The monoisotopic (exact) mass is 350 g/mol. The number of carboxylic acid groups (broad SMARTS) is 1. The van der Waals surface area contributed by atoms with Gasteiger partial charge in [-0.05, 0) is 37.6 Å². The molecule has 4 nitrogen and oxygen atoms in total. The van der Waals surface area contributed by atoms with Crippen molar-refractivity contribution in [2.24, 2.45) is 0 Å². The Labute approximate surface area is 151 Å². The minimum absolute atomic E-state index is 0.295. The number of hydrogen-bond donors (Lipinski definition) is 1. The zero-order valence-corrected chi connectivity index (χ0v) is 14.9. The van der Waals surface area contributed by atoms with Crippen LogP contribution in [0.1, 0.15) is 27.2 Å². The molecule has 1 N–H and O–H groups in total. The fourth-order valence-corrected chi connectivity index (χ4v) is 3.27. The largest absolute Gasteiger partial charge is 0.478 e. The number of nitrogens with zero attached hydrogens (tertiary/aromatic N) is 2. The van der Waals surface area contributed by atoms with Gasteiger partial charge in [0.25, 0.3) is 0 Å². The average molecular weight is 350 g/mol. The molecule has 126 valence electrons. The van der Waals surface area contributed by atoms with E-state index < -0.39 is 5.97 Å². The van der Waals surface area contributed by atoms with E-state index in [9.17, 15) is 4.79 Å². The minimum Gasteiger partial charge on any atom is -0.478 e. The highest BCUT2D eigenvalue weighted by Gasteiger charge is 2.08. The summed E-state index contributed by atoms with van der Waals surface area (Å²) in [6, 6.07) is 17.2. The third-order valence-electron chi connectivity index (χ3n) is 3.72. The first-order chi connectivity index (χ1) is 12.0. The number of aromatic nitrogens is 2. The van der Waals surface area contributed by atoms with E-state index in [4.69, 9.17) is 5.11 Å². The number of hydrogen-bond acceptors (Lipinski definition) is 4. The standard InChI is InChI=1S/C20H18N2O2S/c1-13-6-8-16(9-7-13)18-10-14(2)21-20(22-18)25-12-15-4-3-5-17(11-15)19(23)24/h3-11H,12H2,1-2H3,(H,23,24). The Bertz CT molecular complexity index is 908. The van der Waals surface area contributed by atoms with Crippen LogP contribution >= 0.6 is 11.8 Å². The van der Waals surface area contributed by atoms with E-state index in [-0.39, 0.29) is 0 Å². The molecule has 0 spiro atoms. The Balaban J connectivity index is 1.80. The molecule has 2 aromatic carbocycles. The second-order valence-corrected chi connectivity index (χ2v) is 6.78. The molecule has 0 aliphatic heterocycles. The SMILES string of the molecule is Cc1ccc(-c2cc(C)nc(SCc3cccc(C(=O)O)c3)n2)cc1. The van der Waals surface area contributed by atoms with E-state index in [0.717, 1.165) is 22.5 Å².